The third kappa shape index (κ3) is 6.45. The van der Waals surface area contributed by atoms with E-state index in [1.165, 1.54) is 12.1 Å². The predicted molar refractivity (Wildman–Crippen MR) is 196 cm³/mol. The van der Waals surface area contributed by atoms with Crippen LogP contribution in [0.25, 0.3) is 16.6 Å². The van der Waals surface area contributed by atoms with E-state index < -0.39 is 23.0 Å². The van der Waals surface area contributed by atoms with Crippen LogP contribution in [-0.4, -0.2) is 57.0 Å². The monoisotopic (exact) mass is 736 g/mol. The van der Waals surface area contributed by atoms with Crippen LogP contribution in [0.5, 0.6) is 5.88 Å². The minimum absolute atomic E-state index is 0.0450. The first-order valence-electron chi connectivity index (χ1n) is 17.8. The van der Waals surface area contributed by atoms with Crippen molar-refractivity contribution < 1.29 is 27.8 Å². The molecule has 1 aliphatic carbocycles. The molecular formula is C40H35ClF2N6O4. The Labute approximate surface area is 308 Å². The number of halogens is 3. The summed E-state index contributed by atoms with van der Waals surface area (Å²) < 4.78 is 43.0. The van der Waals surface area contributed by atoms with Gasteiger partial charge >= 0.3 is 0 Å². The number of benzene rings is 3. The van der Waals surface area contributed by atoms with Crippen molar-refractivity contribution in [2.75, 3.05) is 30.3 Å². The highest BCUT2D eigenvalue weighted by molar-refractivity contribution is 6.30. The number of fused-ring (bicyclic) bond motifs is 3. The zero-order valence-electron chi connectivity index (χ0n) is 28.6. The normalized spacial score (nSPS) is 18.7. The summed E-state index contributed by atoms with van der Waals surface area (Å²) in [4.78, 5) is 37.9. The summed E-state index contributed by atoms with van der Waals surface area (Å²) in [6.07, 6.45) is 5.28. The third-order valence-electron chi connectivity index (χ3n) is 10.7. The second-order valence-corrected chi connectivity index (χ2v) is 14.5. The Bertz CT molecular complexity index is 2340. The van der Waals surface area contributed by atoms with Gasteiger partial charge in [-0.1, -0.05) is 29.8 Å². The number of hydrogen-bond donors (Lipinski definition) is 2. The van der Waals surface area contributed by atoms with Gasteiger partial charge in [-0.2, -0.15) is 0 Å². The van der Waals surface area contributed by atoms with E-state index in [1.54, 1.807) is 30.3 Å². The molecule has 3 aromatic carbocycles. The highest BCUT2D eigenvalue weighted by Crippen LogP contribution is 2.55. The Hall–Kier alpha value is -5.17. The van der Waals surface area contributed by atoms with Crippen LogP contribution in [-0.2, 0) is 34.6 Å². The molecule has 1 saturated heterocycles. The van der Waals surface area contributed by atoms with Gasteiger partial charge in [0.1, 0.15) is 24.1 Å². The van der Waals surface area contributed by atoms with Gasteiger partial charge in [0, 0.05) is 47.6 Å². The van der Waals surface area contributed by atoms with Crippen LogP contribution in [0.3, 0.4) is 0 Å². The Kier molecular flexibility index (Phi) is 8.48. The molecule has 1 spiro atoms. The van der Waals surface area contributed by atoms with E-state index in [2.05, 4.69) is 31.2 Å². The number of carbonyl (C=O) groups excluding carboxylic acids is 2. The molecule has 2 N–H and O–H groups in total. The topological polar surface area (TPSA) is 111 Å². The number of nitrogens with zero attached hydrogens (tertiary/aromatic N) is 4. The van der Waals surface area contributed by atoms with Gasteiger partial charge < -0.3 is 24.7 Å². The second-order valence-electron chi connectivity index (χ2n) is 14.1. The second kappa shape index (κ2) is 13.4. The van der Waals surface area contributed by atoms with Crippen molar-refractivity contribution in [3.05, 3.63) is 118 Å². The number of hydrogen-bond acceptors (Lipinski definition) is 7. The zero-order chi connectivity index (χ0) is 36.3. The highest BCUT2D eigenvalue weighted by atomic mass is 35.5. The van der Waals surface area contributed by atoms with Gasteiger partial charge in [-0.15, -0.1) is 0 Å². The van der Waals surface area contributed by atoms with Crippen LogP contribution in [0, 0.1) is 11.6 Å². The van der Waals surface area contributed by atoms with E-state index in [0.29, 0.717) is 60.2 Å². The molecule has 270 valence electrons. The van der Waals surface area contributed by atoms with E-state index in [-0.39, 0.29) is 29.9 Å². The average molecular weight is 737 g/mol. The van der Waals surface area contributed by atoms with E-state index in [9.17, 15) is 18.4 Å². The van der Waals surface area contributed by atoms with Crippen LogP contribution in [0.2, 0.25) is 5.02 Å². The molecule has 1 saturated carbocycles. The third-order valence-corrected chi connectivity index (χ3v) is 10.9. The molecule has 2 amide bonds. The maximum atomic E-state index is 15.0. The van der Waals surface area contributed by atoms with Crippen LogP contribution in [0.15, 0.2) is 72.8 Å². The smallest absolute Gasteiger partial charge is 0.255 e. The Morgan fingerprint density at radius 1 is 1.08 bits per heavy atom. The van der Waals surface area contributed by atoms with Gasteiger partial charge in [-0.25, -0.2) is 18.7 Å². The molecule has 53 heavy (non-hydrogen) atoms. The summed E-state index contributed by atoms with van der Waals surface area (Å²) in [7, 11) is 0. The Balaban J connectivity index is 0.901. The Morgan fingerprint density at radius 3 is 2.70 bits per heavy atom. The molecule has 5 heterocycles. The maximum absolute atomic E-state index is 15.0. The lowest BCUT2D eigenvalue weighted by molar-refractivity contribution is -0.117. The van der Waals surface area contributed by atoms with Gasteiger partial charge in [0.05, 0.1) is 47.0 Å². The first-order chi connectivity index (χ1) is 25.7. The molecular weight excluding hydrogens is 702 g/mol. The fourth-order valence-electron chi connectivity index (χ4n) is 7.38. The largest absolute Gasteiger partial charge is 0.473 e. The number of pyridine rings is 1. The van der Waals surface area contributed by atoms with E-state index >= 15 is 0 Å². The van der Waals surface area contributed by atoms with Crippen molar-refractivity contribution in [1.82, 2.24) is 19.4 Å². The standard InChI is InChI=1S/C40H35ClF2N6O4/c41-26-5-4-24(30(42)18-26)22-53-36-3-1-2-32(46-36)23-8-13-48(14-9-23)21-35-45-33-7-6-27(19-34(33)49(35)20-28-10-15-52-28)44-38(50)25-16-29-37(31(43)17-25)47-39(51)40(29)11-12-40/h1-8,16-19,28H,9-15,20-22H2,(H,44,50)(H,47,51)/t28-/m0/s1. The number of anilines is 2. The predicted octanol–water partition coefficient (Wildman–Crippen LogP) is 7.26. The van der Waals surface area contributed by atoms with Crippen LogP contribution < -0.4 is 15.4 Å². The summed E-state index contributed by atoms with van der Waals surface area (Å²) in [5.41, 5.74) is 4.77. The highest BCUT2D eigenvalue weighted by Gasteiger charge is 2.57. The first-order valence-corrected chi connectivity index (χ1v) is 18.1. The number of nitrogens with one attached hydrogen (secondary N) is 2. The van der Waals surface area contributed by atoms with Crippen LogP contribution in [0.4, 0.5) is 20.2 Å². The molecule has 0 bridgehead atoms. The van der Waals surface area contributed by atoms with Crippen molar-refractivity contribution in [2.24, 2.45) is 0 Å². The summed E-state index contributed by atoms with van der Waals surface area (Å²) in [6.45, 7) is 3.50. The number of ether oxygens (including phenoxy) is 2. The molecule has 2 aromatic heterocycles. The maximum Gasteiger partial charge on any atom is 0.255 e. The molecule has 0 radical (unpaired) electrons. The number of amides is 2. The molecule has 4 aliphatic rings. The van der Waals surface area contributed by atoms with Gasteiger partial charge in [-0.05, 0) is 85.4 Å². The summed E-state index contributed by atoms with van der Waals surface area (Å²) in [6, 6.07) is 18.5. The number of carbonyl (C=O) groups is 2. The SMILES string of the molecule is O=C(Nc1ccc2nc(CN3CC=C(c4cccc(OCc5ccc(Cl)cc5F)n4)CC3)n(C[C@@H]3CCO3)c2c1)c1cc(F)c2c(c1)C1(CC1)C(=O)N2. The van der Waals surface area contributed by atoms with E-state index in [4.69, 9.17) is 26.1 Å². The molecule has 10 nitrogen and oxygen atoms in total. The zero-order valence-corrected chi connectivity index (χ0v) is 29.4. The van der Waals surface area contributed by atoms with E-state index in [0.717, 1.165) is 54.1 Å². The molecule has 2 fully saturated rings. The van der Waals surface area contributed by atoms with Gasteiger partial charge in [0.15, 0.2) is 0 Å². The molecule has 0 unspecified atom stereocenters. The minimum atomic E-state index is -0.706. The number of imidazole rings is 1. The molecule has 3 aliphatic heterocycles. The van der Waals surface area contributed by atoms with Crippen molar-refractivity contribution in [2.45, 2.75) is 56.9 Å². The van der Waals surface area contributed by atoms with Crippen LogP contribution in [0.1, 0.15) is 58.7 Å². The lowest BCUT2D eigenvalue weighted by Crippen LogP contribution is -2.33. The minimum Gasteiger partial charge on any atom is -0.473 e. The van der Waals surface area contributed by atoms with Gasteiger partial charge in [-0.3, -0.25) is 14.5 Å². The molecule has 5 aromatic rings. The quantitative estimate of drug-likeness (QED) is 0.155. The van der Waals surface area contributed by atoms with Crippen molar-refractivity contribution in [3.8, 4) is 5.88 Å². The summed E-state index contributed by atoms with van der Waals surface area (Å²) in [5, 5.41) is 5.92. The van der Waals surface area contributed by atoms with E-state index in [1.807, 2.05) is 24.3 Å². The van der Waals surface area contributed by atoms with Crippen molar-refractivity contribution in [1.29, 1.82) is 0 Å². The van der Waals surface area contributed by atoms with Gasteiger partial charge in [0.25, 0.3) is 5.91 Å². The van der Waals surface area contributed by atoms with Crippen molar-refractivity contribution in [3.63, 3.8) is 0 Å². The van der Waals surface area contributed by atoms with Gasteiger partial charge in [0.2, 0.25) is 11.8 Å². The molecule has 1 atom stereocenters. The number of rotatable bonds is 10. The lowest BCUT2D eigenvalue weighted by Gasteiger charge is -2.29. The fourth-order valence-corrected chi connectivity index (χ4v) is 7.54. The molecule has 9 rings (SSSR count). The fraction of sp³-hybridized carbons (Fsp3) is 0.300. The van der Waals surface area contributed by atoms with Crippen molar-refractivity contribution >= 4 is 51.4 Å². The average Bonchev–Trinajstić information content (AvgIpc) is 3.81. The molecule has 13 heteroatoms. The summed E-state index contributed by atoms with van der Waals surface area (Å²) in [5.74, 6) is -0.363. The Morgan fingerprint density at radius 2 is 1.94 bits per heavy atom. The van der Waals surface area contributed by atoms with Crippen LogP contribution >= 0.6 is 11.6 Å². The number of aromatic nitrogens is 3. The first kappa shape index (κ1) is 33.7. The summed E-state index contributed by atoms with van der Waals surface area (Å²) >= 11 is 5.87. The lowest BCUT2D eigenvalue weighted by atomic mass is 9.95.